The number of carbonyl (C=O) groups is 2. The Labute approximate surface area is 127 Å². The molecule has 0 unspecified atom stereocenters. The van der Waals surface area contributed by atoms with Crippen molar-refractivity contribution in [2.24, 2.45) is 0 Å². The summed E-state index contributed by atoms with van der Waals surface area (Å²) in [6, 6.07) is 0.0846. The average molecular weight is 309 g/mol. The molecule has 21 heavy (non-hydrogen) atoms. The lowest BCUT2D eigenvalue weighted by Crippen LogP contribution is -2.51. The number of carbonyl (C=O) groups excluding carboxylic acids is 2. The lowest BCUT2D eigenvalue weighted by Gasteiger charge is -2.38. The first kappa shape index (κ1) is 14.4. The van der Waals surface area contributed by atoms with Crippen molar-refractivity contribution in [3.8, 4) is 0 Å². The lowest BCUT2D eigenvalue weighted by molar-refractivity contribution is -0.139. The number of hydrogen-bond donors (Lipinski definition) is 1. The summed E-state index contributed by atoms with van der Waals surface area (Å²) in [5.41, 5.74) is 0. The maximum atomic E-state index is 12.4. The summed E-state index contributed by atoms with van der Waals surface area (Å²) in [5.74, 6) is 2.08. The number of amides is 2. The standard InChI is InChI=1S/C13H19N5O2S/c1-16-4-5-17(6-10(16)13-14-2-3-15-13)11(19)7-18-9-21-8-12(18)20/h2-3,10H,4-9H2,1H3,(H,14,15)/t10-/m0/s1. The van der Waals surface area contributed by atoms with Gasteiger partial charge < -0.3 is 14.8 Å². The minimum absolute atomic E-state index is 0.0236. The van der Waals surface area contributed by atoms with Gasteiger partial charge in [-0.05, 0) is 7.05 Å². The van der Waals surface area contributed by atoms with Gasteiger partial charge in [0.25, 0.3) is 0 Å². The first-order chi connectivity index (χ1) is 10.1. The van der Waals surface area contributed by atoms with Gasteiger partial charge in [0, 0.05) is 32.0 Å². The first-order valence-corrected chi connectivity index (χ1v) is 8.13. The summed E-state index contributed by atoms with van der Waals surface area (Å²) in [4.78, 5) is 37.1. The zero-order valence-corrected chi connectivity index (χ0v) is 12.8. The molecule has 2 aliphatic heterocycles. The number of imidazole rings is 1. The van der Waals surface area contributed by atoms with Gasteiger partial charge in [0.1, 0.15) is 12.4 Å². The normalized spacial score (nSPS) is 23.9. The monoisotopic (exact) mass is 309 g/mol. The van der Waals surface area contributed by atoms with Crippen LogP contribution in [-0.4, -0.2) is 81.3 Å². The molecular formula is C13H19N5O2S. The van der Waals surface area contributed by atoms with Gasteiger partial charge in [0.15, 0.2) is 0 Å². The summed E-state index contributed by atoms with van der Waals surface area (Å²) in [5, 5.41) is 0. The van der Waals surface area contributed by atoms with Crippen LogP contribution in [0, 0.1) is 0 Å². The molecule has 0 saturated carbocycles. The molecule has 1 N–H and O–H groups in total. The second kappa shape index (κ2) is 6.07. The Morgan fingerprint density at radius 2 is 2.38 bits per heavy atom. The molecule has 0 radical (unpaired) electrons. The molecule has 3 heterocycles. The molecule has 0 aliphatic carbocycles. The van der Waals surface area contributed by atoms with Crippen molar-refractivity contribution in [2.45, 2.75) is 6.04 Å². The number of likely N-dealkylation sites (N-methyl/N-ethyl adjacent to an activating group) is 1. The minimum atomic E-state index is 0.0236. The fraction of sp³-hybridized carbons (Fsp3) is 0.615. The van der Waals surface area contributed by atoms with Crippen LogP contribution in [0.15, 0.2) is 12.4 Å². The number of nitrogens with one attached hydrogen (secondary N) is 1. The van der Waals surface area contributed by atoms with Gasteiger partial charge in [-0.1, -0.05) is 0 Å². The SMILES string of the molecule is CN1CCN(C(=O)CN2CSCC2=O)C[C@H]1c1ncc[nH]1. The van der Waals surface area contributed by atoms with Crippen LogP contribution in [0.5, 0.6) is 0 Å². The zero-order chi connectivity index (χ0) is 14.8. The summed E-state index contributed by atoms with van der Waals surface area (Å²) >= 11 is 1.56. The van der Waals surface area contributed by atoms with Crippen LogP contribution in [0.25, 0.3) is 0 Å². The smallest absolute Gasteiger partial charge is 0.242 e. The Bertz CT molecular complexity index is 521. The van der Waals surface area contributed by atoms with Crippen molar-refractivity contribution in [2.75, 3.05) is 44.9 Å². The zero-order valence-electron chi connectivity index (χ0n) is 12.0. The second-order valence-corrected chi connectivity index (χ2v) is 6.33. The predicted molar refractivity (Wildman–Crippen MR) is 79.6 cm³/mol. The fourth-order valence-corrected chi connectivity index (χ4v) is 3.56. The Kier molecular flexibility index (Phi) is 4.16. The van der Waals surface area contributed by atoms with Crippen molar-refractivity contribution < 1.29 is 9.59 Å². The van der Waals surface area contributed by atoms with Crippen LogP contribution in [-0.2, 0) is 9.59 Å². The third-order valence-electron chi connectivity index (χ3n) is 3.99. The molecule has 3 rings (SSSR count). The van der Waals surface area contributed by atoms with Gasteiger partial charge in [0.05, 0.1) is 17.7 Å². The topological polar surface area (TPSA) is 72.5 Å². The Balaban J connectivity index is 1.63. The number of aromatic nitrogens is 2. The number of thioether (sulfide) groups is 1. The predicted octanol–water partition coefficient (Wildman–Crippen LogP) is -0.242. The summed E-state index contributed by atoms with van der Waals surface area (Å²) in [6.45, 7) is 2.31. The first-order valence-electron chi connectivity index (χ1n) is 6.98. The van der Waals surface area contributed by atoms with Crippen molar-refractivity contribution in [1.82, 2.24) is 24.7 Å². The van der Waals surface area contributed by atoms with Crippen LogP contribution in [0.3, 0.4) is 0 Å². The van der Waals surface area contributed by atoms with E-state index in [9.17, 15) is 9.59 Å². The molecule has 2 amide bonds. The van der Waals surface area contributed by atoms with E-state index in [1.165, 1.54) is 0 Å². The number of nitrogens with zero attached hydrogens (tertiary/aromatic N) is 4. The molecular weight excluding hydrogens is 290 g/mol. The van der Waals surface area contributed by atoms with Crippen LogP contribution >= 0.6 is 11.8 Å². The number of piperazine rings is 1. The highest BCUT2D eigenvalue weighted by Crippen LogP contribution is 2.22. The Morgan fingerprint density at radius 1 is 1.52 bits per heavy atom. The van der Waals surface area contributed by atoms with Gasteiger partial charge in [-0.25, -0.2) is 4.98 Å². The highest BCUT2D eigenvalue weighted by molar-refractivity contribution is 8.00. The van der Waals surface area contributed by atoms with E-state index < -0.39 is 0 Å². The number of rotatable bonds is 3. The highest BCUT2D eigenvalue weighted by atomic mass is 32.2. The highest BCUT2D eigenvalue weighted by Gasteiger charge is 2.32. The van der Waals surface area contributed by atoms with Crippen LogP contribution in [0.2, 0.25) is 0 Å². The summed E-state index contributed by atoms with van der Waals surface area (Å²) < 4.78 is 0. The minimum Gasteiger partial charge on any atom is -0.347 e. The van der Waals surface area contributed by atoms with E-state index in [0.717, 1.165) is 12.4 Å². The van der Waals surface area contributed by atoms with Crippen molar-refractivity contribution in [3.05, 3.63) is 18.2 Å². The molecule has 2 saturated heterocycles. The molecule has 2 fully saturated rings. The van der Waals surface area contributed by atoms with E-state index in [1.54, 1.807) is 29.1 Å². The Morgan fingerprint density at radius 3 is 3.05 bits per heavy atom. The van der Waals surface area contributed by atoms with E-state index in [2.05, 4.69) is 14.9 Å². The van der Waals surface area contributed by atoms with E-state index in [4.69, 9.17) is 0 Å². The number of aromatic amines is 1. The quantitative estimate of drug-likeness (QED) is 0.834. The average Bonchev–Trinajstić information content (AvgIpc) is 3.12. The molecule has 1 aromatic rings. The van der Waals surface area contributed by atoms with Gasteiger partial charge in [-0.2, -0.15) is 0 Å². The van der Waals surface area contributed by atoms with E-state index in [1.807, 2.05) is 11.9 Å². The molecule has 1 aromatic heterocycles. The fourth-order valence-electron chi connectivity index (χ4n) is 2.66. The van der Waals surface area contributed by atoms with Crippen molar-refractivity contribution in [3.63, 3.8) is 0 Å². The molecule has 7 nitrogen and oxygen atoms in total. The van der Waals surface area contributed by atoms with Gasteiger partial charge in [0.2, 0.25) is 11.8 Å². The number of hydrogen-bond acceptors (Lipinski definition) is 5. The second-order valence-electron chi connectivity index (χ2n) is 5.38. The van der Waals surface area contributed by atoms with Gasteiger partial charge >= 0.3 is 0 Å². The maximum Gasteiger partial charge on any atom is 0.242 e. The van der Waals surface area contributed by atoms with E-state index in [0.29, 0.717) is 24.7 Å². The molecule has 0 spiro atoms. The van der Waals surface area contributed by atoms with Crippen LogP contribution in [0.1, 0.15) is 11.9 Å². The van der Waals surface area contributed by atoms with Gasteiger partial charge in [-0.3, -0.25) is 14.5 Å². The molecule has 2 aliphatic rings. The number of H-pyrrole nitrogens is 1. The molecule has 8 heteroatoms. The Hall–Kier alpha value is -1.54. The summed E-state index contributed by atoms with van der Waals surface area (Å²) in [7, 11) is 2.04. The van der Waals surface area contributed by atoms with Gasteiger partial charge in [-0.15, -0.1) is 11.8 Å². The largest absolute Gasteiger partial charge is 0.347 e. The summed E-state index contributed by atoms with van der Waals surface area (Å²) in [6.07, 6.45) is 3.52. The molecule has 1 atom stereocenters. The third-order valence-corrected chi connectivity index (χ3v) is 4.93. The molecule has 0 aromatic carbocycles. The molecule has 0 bridgehead atoms. The van der Waals surface area contributed by atoms with Crippen LogP contribution in [0.4, 0.5) is 0 Å². The lowest BCUT2D eigenvalue weighted by atomic mass is 10.1. The molecule has 114 valence electrons. The van der Waals surface area contributed by atoms with E-state index in [-0.39, 0.29) is 24.4 Å². The van der Waals surface area contributed by atoms with E-state index >= 15 is 0 Å². The van der Waals surface area contributed by atoms with Crippen molar-refractivity contribution >= 4 is 23.6 Å². The maximum absolute atomic E-state index is 12.4. The van der Waals surface area contributed by atoms with Crippen molar-refractivity contribution in [1.29, 1.82) is 0 Å². The van der Waals surface area contributed by atoms with Crippen LogP contribution < -0.4 is 0 Å². The third kappa shape index (κ3) is 3.06.